The van der Waals surface area contributed by atoms with Gasteiger partial charge in [0.05, 0.1) is 0 Å². The van der Waals surface area contributed by atoms with Gasteiger partial charge in [0.25, 0.3) is 0 Å². The van der Waals surface area contributed by atoms with E-state index in [9.17, 15) is 30.8 Å². The molecule has 0 spiro atoms. The van der Waals surface area contributed by atoms with Crippen molar-refractivity contribution in [1.82, 2.24) is 4.31 Å². The molecule has 1 N–H and O–H groups in total. The summed E-state index contributed by atoms with van der Waals surface area (Å²) in [5.74, 6) is -5.09. The van der Waals surface area contributed by atoms with Gasteiger partial charge in [0.1, 0.15) is 16.5 Å². The molecular weight excluding hydrogens is 400 g/mol. The van der Waals surface area contributed by atoms with Gasteiger partial charge in [-0.15, -0.1) is 0 Å². The van der Waals surface area contributed by atoms with Crippen molar-refractivity contribution in [3.63, 3.8) is 0 Å². The van der Waals surface area contributed by atoms with Crippen LogP contribution in [-0.2, 0) is 14.8 Å². The third kappa shape index (κ3) is 4.17. The quantitative estimate of drug-likeness (QED) is 0.778. The van der Waals surface area contributed by atoms with E-state index in [1.807, 2.05) is 0 Å². The maximum absolute atomic E-state index is 13.8. The highest BCUT2D eigenvalue weighted by Crippen LogP contribution is 2.27. The van der Waals surface area contributed by atoms with Crippen molar-refractivity contribution in [2.75, 3.05) is 18.4 Å². The van der Waals surface area contributed by atoms with Crippen molar-refractivity contribution in [3.8, 4) is 0 Å². The van der Waals surface area contributed by atoms with Crippen LogP contribution in [0, 0.1) is 29.2 Å². The Kier molecular flexibility index (Phi) is 5.71. The van der Waals surface area contributed by atoms with Gasteiger partial charge in [-0.2, -0.15) is 4.31 Å². The summed E-state index contributed by atoms with van der Waals surface area (Å²) in [6.45, 7) is -0.123. The van der Waals surface area contributed by atoms with Gasteiger partial charge in [0.15, 0.2) is 11.6 Å². The highest BCUT2D eigenvalue weighted by atomic mass is 32.2. The average Bonchev–Trinajstić information content (AvgIpc) is 2.66. The number of hydrogen-bond donors (Lipinski definition) is 1. The van der Waals surface area contributed by atoms with Crippen LogP contribution < -0.4 is 5.32 Å². The molecule has 3 rings (SSSR count). The van der Waals surface area contributed by atoms with Crippen LogP contribution >= 0.6 is 0 Å². The second-order valence-corrected chi connectivity index (χ2v) is 8.28. The molecule has 0 bridgehead atoms. The Bertz CT molecular complexity index is 1010. The molecule has 5 nitrogen and oxygen atoms in total. The molecule has 0 aliphatic carbocycles. The first-order valence-electron chi connectivity index (χ1n) is 8.39. The third-order valence-corrected chi connectivity index (χ3v) is 6.44. The Morgan fingerprint density at radius 3 is 2.21 bits per heavy atom. The second kappa shape index (κ2) is 7.88. The topological polar surface area (TPSA) is 66.5 Å². The summed E-state index contributed by atoms with van der Waals surface area (Å²) in [5.41, 5.74) is 0.0841. The number of halogens is 4. The normalized spacial score (nSPS) is 16.1. The van der Waals surface area contributed by atoms with Crippen LogP contribution in [0.5, 0.6) is 0 Å². The lowest BCUT2D eigenvalue weighted by atomic mass is 9.97. The van der Waals surface area contributed by atoms with Crippen molar-refractivity contribution in [3.05, 3.63) is 59.7 Å². The number of hydrogen-bond acceptors (Lipinski definition) is 3. The minimum Gasteiger partial charge on any atom is -0.326 e. The molecule has 1 fully saturated rings. The Labute approximate surface area is 159 Å². The molecule has 0 atom stereocenters. The van der Waals surface area contributed by atoms with Crippen molar-refractivity contribution in [1.29, 1.82) is 0 Å². The van der Waals surface area contributed by atoms with Gasteiger partial charge in [-0.3, -0.25) is 4.79 Å². The average molecular weight is 416 g/mol. The molecule has 1 aliphatic heterocycles. The van der Waals surface area contributed by atoms with E-state index in [1.165, 1.54) is 6.07 Å². The molecule has 1 amide bonds. The number of nitrogens with one attached hydrogen (secondary N) is 1. The monoisotopic (exact) mass is 416 g/mol. The zero-order chi connectivity index (χ0) is 20.5. The first-order valence-corrected chi connectivity index (χ1v) is 9.83. The third-order valence-electron chi connectivity index (χ3n) is 4.52. The van der Waals surface area contributed by atoms with E-state index in [2.05, 4.69) is 5.32 Å². The minimum atomic E-state index is -4.24. The fourth-order valence-corrected chi connectivity index (χ4v) is 4.54. The van der Waals surface area contributed by atoms with E-state index in [0.29, 0.717) is 6.07 Å². The van der Waals surface area contributed by atoms with Crippen molar-refractivity contribution >= 4 is 21.6 Å². The first kappa shape index (κ1) is 20.3. The fourth-order valence-electron chi connectivity index (χ4n) is 2.99. The summed E-state index contributed by atoms with van der Waals surface area (Å²) in [4.78, 5) is 11.5. The predicted molar refractivity (Wildman–Crippen MR) is 92.8 cm³/mol. The van der Waals surface area contributed by atoms with E-state index in [0.717, 1.165) is 28.6 Å². The van der Waals surface area contributed by atoms with Gasteiger partial charge >= 0.3 is 0 Å². The number of carbonyl (C=O) groups is 1. The lowest BCUT2D eigenvalue weighted by Crippen LogP contribution is -2.41. The number of nitrogens with zero attached hydrogens (tertiary/aromatic N) is 1. The Hall–Kier alpha value is -2.46. The van der Waals surface area contributed by atoms with Crippen LogP contribution in [0.4, 0.5) is 23.2 Å². The Morgan fingerprint density at radius 1 is 0.929 bits per heavy atom. The van der Waals surface area contributed by atoms with Gasteiger partial charge in [-0.05, 0) is 43.2 Å². The zero-order valence-corrected chi connectivity index (χ0v) is 15.3. The summed E-state index contributed by atoms with van der Waals surface area (Å²) >= 11 is 0. The number of benzene rings is 2. The maximum Gasteiger partial charge on any atom is 0.246 e. The van der Waals surface area contributed by atoms with E-state index in [4.69, 9.17) is 0 Å². The Balaban J connectivity index is 1.65. The molecule has 0 saturated carbocycles. The van der Waals surface area contributed by atoms with Crippen LogP contribution in [-0.4, -0.2) is 31.7 Å². The van der Waals surface area contributed by atoms with Crippen LogP contribution in [0.2, 0.25) is 0 Å². The number of sulfonamides is 1. The summed E-state index contributed by atoms with van der Waals surface area (Å²) in [7, 11) is -4.24. The molecule has 2 aromatic carbocycles. The molecular formula is C18H16F4N2O3S. The van der Waals surface area contributed by atoms with Gasteiger partial charge in [0, 0.05) is 30.8 Å². The summed E-state index contributed by atoms with van der Waals surface area (Å²) in [5, 5.41) is 2.46. The molecule has 10 heteroatoms. The second-order valence-electron chi connectivity index (χ2n) is 6.37. The lowest BCUT2D eigenvalue weighted by Gasteiger charge is -2.30. The van der Waals surface area contributed by atoms with Crippen molar-refractivity contribution in [2.24, 2.45) is 5.92 Å². The van der Waals surface area contributed by atoms with Crippen LogP contribution in [0.1, 0.15) is 12.8 Å². The molecule has 1 heterocycles. The lowest BCUT2D eigenvalue weighted by molar-refractivity contribution is -0.120. The highest BCUT2D eigenvalue weighted by Gasteiger charge is 2.33. The van der Waals surface area contributed by atoms with Gasteiger partial charge in [0.2, 0.25) is 15.9 Å². The van der Waals surface area contributed by atoms with E-state index >= 15 is 0 Å². The fraction of sp³-hybridized carbons (Fsp3) is 0.278. The summed E-state index contributed by atoms with van der Waals surface area (Å²) in [6.07, 6.45) is 0.289. The molecule has 0 aromatic heterocycles. The van der Waals surface area contributed by atoms with E-state index in [-0.39, 0.29) is 31.6 Å². The minimum absolute atomic E-state index is 0.0614. The SMILES string of the molecule is O=C(Nc1ccc(F)c(F)c1)C1CCN(S(=O)(=O)c2cc(F)ccc2F)CC1. The molecule has 0 radical (unpaired) electrons. The number of rotatable bonds is 4. The number of carbonyl (C=O) groups excluding carboxylic acids is 1. The van der Waals surface area contributed by atoms with Crippen molar-refractivity contribution < 1.29 is 30.8 Å². The van der Waals surface area contributed by atoms with E-state index < -0.39 is 50.0 Å². The van der Waals surface area contributed by atoms with Crippen LogP contribution in [0.3, 0.4) is 0 Å². The predicted octanol–water partition coefficient (Wildman–Crippen LogP) is 3.28. The molecule has 28 heavy (non-hydrogen) atoms. The molecule has 1 aliphatic rings. The zero-order valence-electron chi connectivity index (χ0n) is 14.5. The molecule has 150 valence electrons. The molecule has 1 saturated heterocycles. The van der Waals surface area contributed by atoms with Crippen molar-refractivity contribution in [2.45, 2.75) is 17.7 Å². The van der Waals surface area contributed by atoms with Crippen LogP contribution in [0.25, 0.3) is 0 Å². The number of piperidine rings is 1. The molecule has 2 aromatic rings. The first-order chi connectivity index (χ1) is 13.2. The standard InChI is InChI=1S/C18H16F4N2O3S/c19-12-1-3-15(21)17(9-12)28(26,27)24-7-5-11(6-8-24)18(25)23-13-2-4-14(20)16(22)10-13/h1-4,9-11H,5-8H2,(H,23,25). The molecule has 0 unspecified atom stereocenters. The maximum atomic E-state index is 13.8. The smallest absolute Gasteiger partial charge is 0.246 e. The number of amides is 1. The van der Waals surface area contributed by atoms with Gasteiger partial charge < -0.3 is 5.32 Å². The Morgan fingerprint density at radius 2 is 1.57 bits per heavy atom. The van der Waals surface area contributed by atoms with Gasteiger partial charge in [-0.1, -0.05) is 0 Å². The van der Waals surface area contributed by atoms with Crippen LogP contribution in [0.15, 0.2) is 41.3 Å². The summed E-state index contributed by atoms with van der Waals surface area (Å²) < 4.78 is 79.4. The highest BCUT2D eigenvalue weighted by molar-refractivity contribution is 7.89. The summed E-state index contributed by atoms with van der Waals surface area (Å²) in [6, 6.07) is 5.12. The largest absolute Gasteiger partial charge is 0.326 e. The number of anilines is 1. The van der Waals surface area contributed by atoms with Gasteiger partial charge in [-0.25, -0.2) is 26.0 Å². The van der Waals surface area contributed by atoms with E-state index in [1.54, 1.807) is 0 Å².